The normalized spacial score (nSPS) is 28.8. The van der Waals surface area contributed by atoms with E-state index in [2.05, 4.69) is 24.1 Å². The molecule has 0 aliphatic carbocycles. The van der Waals surface area contributed by atoms with E-state index in [0.29, 0.717) is 38.1 Å². The lowest BCUT2D eigenvalue weighted by atomic mass is 9.98. The Morgan fingerprint density at radius 2 is 2.00 bits per heavy atom. The maximum absolute atomic E-state index is 12.3. The summed E-state index contributed by atoms with van der Waals surface area (Å²) in [6.07, 6.45) is 1.67. The van der Waals surface area contributed by atoms with Gasteiger partial charge in [-0.15, -0.1) is 0 Å². The van der Waals surface area contributed by atoms with Gasteiger partial charge in [-0.05, 0) is 18.8 Å². The monoisotopic (exact) mass is 299 g/mol. The van der Waals surface area contributed by atoms with Crippen molar-refractivity contribution in [2.75, 3.05) is 46.1 Å². The van der Waals surface area contributed by atoms with Crippen molar-refractivity contribution < 1.29 is 14.3 Å². The molecule has 2 unspecified atom stereocenters. The minimum absolute atomic E-state index is 0.0815. The summed E-state index contributed by atoms with van der Waals surface area (Å²) in [6.45, 7) is 9.39. The summed E-state index contributed by atoms with van der Waals surface area (Å²) in [5.41, 5.74) is 5.26. The van der Waals surface area contributed by atoms with Gasteiger partial charge >= 0.3 is 0 Å². The van der Waals surface area contributed by atoms with E-state index in [1.54, 1.807) is 0 Å². The third-order valence-electron chi connectivity index (χ3n) is 4.31. The van der Waals surface area contributed by atoms with Crippen molar-refractivity contribution in [3.63, 3.8) is 0 Å². The number of rotatable bonds is 6. The highest BCUT2D eigenvalue weighted by Crippen LogP contribution is 2.17. The summed E-state index contributed by atoms with van der Waals surface area (Å²) in [4.78, 5) is 14.7. The van der Waals surface area contributed by atoms with Crippen LogP contribution in [-0.2, 0) is 14.3 Å². The van der Waals surface area contributed by atoms with Crippen molar-refractivity contribution in [3.05, 3.63) is 0 Å². The van der Waals surface area contributed by atoms with E-state index < -0.39 is 5.54 Å². The molecular weight excluding hydrogens is 270 g/mol. The fraction of sp³-hybridized carbons (Fsp3) is 0.933. The molecule has 2 atom stereocenters. The molecule has 6 heteroatoms. The first-order valence-electron chi connectivity index (χ1n) is 7.98. The zero-order chi connectivity index (χ0) is 15.3. The maximum Gasteiger partial charge on any atom is 0.242 e. The minimum atomic E-state index is -0.840. The molecule has 2 saturated heterocycles. The van der Waals surface area contributed by atoms with Crippen LogP contribution in [0.25, 0.3) is 0 Å². The molecule has 3 N–H and O–H groups in total. The number of hydrogen-bond donors (Lipinski definition) is 2. The molecule has 6 nitrogen and oxygen atoms in total. The number of amides is 1. The number of carbonyl (C=O) groups excluding carboxylic acids is 1. The Labute approximate surface area is 127 Å². The van der Waals surface area contributed by atoms with Crippen molar-refractivity contribution in [2.45, 2.75) is 38.3 Å². The smallest absolute Gasteiger partial charge is 0.242 e. The average molecular weight is 299 g/mol. The molecule has 2 rings (SSSR count). The predicted molar refractivity (Wildman–Crippen MR) is 81.0 cm³/mol. The fourth-order valence-corrected chi connectivity index (χ4v) is 2.99. The number of nitrogens with zero attached hydrogens (tertiary/aromatic N) is 1. The van der Waals surface area contributed by atoms with Gasteiger partial charge < -0.3 is 20.5 Å². The van der Waals surface area contributed by atoms with Crippen molar-refractivity contribution >= 4 is 5.91 Å². The van der Waals surface area contributed by atoms with Gasteiger partial charge in [-0.3, -0.25) is 9.69 Å². The van der Waals surface area contributed by atoms with Crippen LogP contribution < -0.4 is 11.1 Å². The van der Waals surface area contributed by atoms with Gasteiger partial charge in [0.25, 0.3) is 0 Å². The summed E-state index contributed by atoms with van der Waals surface area (Å²) in [5, 5.41) is 3.04. The Hall–Kier alpha value is -0.690. The van der Waals surface area contributed by atoms with Crippen LogP contribution >= 0.6 is 0 Å². The first-order chi connectivity index (χ1) is 10.0. The summed E-state index contributed by atoms with van der Waals surface area (Å²) in [7, 11) is 0. The molecule has 2 aliphatic rings. The van der Waals surface area contributed by atoms with Crippen LogP contribution in [0.2, 0.25) is 0 Å². The van der Waals surface area contributed by atoms with Crippen LogP contribution in [0.5, 0.6) is 0 Å². The highest BCUT2D eigenvalue weighted by Gasteiger charge is 2.38. The van der Waals surface area contributed by atoms with Crippen LogP contribution in [0, 0.1) is 5.92 Å². The molecule has 0 aromatic carbocycles. The Bertz CT molecular complexity index is 337. The second-order valence-corrected chi connectivity index (χ2v) is 6.60. The molecule has 0 aromatic heterocycles. The molecule has 2 heterocycles. The van der Waals surface area contributed by atoms with Crippen molar-refractivity contribution in [3.8, 4) is 0 Å². The Kier molecular flexibility index (Phi) is 5.98. The molecule has 1 amide bonds. The maximum atomic E-state index is 12.3. The summed E-state index contributed by atoms with van der Waals surface area (Å²) in [6, 6.07) is 0.351. The summed E-state index contributed by atoms with van der Waals surface area (Å²) >= 11 is 0. The van der Waals surface area contributed by atoms with E-state index in [0.717, 1.165) is 32.7 Å². The fourth-order valence-electron chi connectivity index (χ4n) is 2.99. The number of carbonyl (C=O) groups is 1. The van der Waals surface area contributed by atoms with Gasteiger partial charge in [-0.2, -0.15) is 0 Å². The first kappa shape index (κ1) is 16.7. The molecule has 0 bridgehead atoms. The quantitative estimate of drug-likeness (QED) is 0.720. The van der Waals surface area contributed by atoms with Crippen LogP contribution in [0.3, 0.4) is 0 Å². The zero-order valence-electron chi connectivity index (χ0n) is 13.3. The SMILES string of the molecule is CC(C)CC(CNC(=O)C1(N)CCOC1)N1CCOCC1. The summed E-state index contributed by atoms with van der Waals surface area (Å²) < 4.78 is 10.7. The molecular formula is C15H29N3O3. The number of nitrogens with one attached hydrogen (secondary N) is 1. The topological polar surface area (TPSA) is 76.8 Å². The largest absolute Gasteiger partial charge is 0.379 e. The highest BCUT2D eigenvalue weighted by atomic mass is 16.5. The van der Waals surface area contributed by atoms with Crippen LogP contribution in [0.1, 0.15) is 26.7 Å². The second kappa shape index (κ2) is 7.54. The van der Waals surface area contributed by atoms with E-state index >= 15 is 0 Å². The molecule has 0 aromatic rings. The van der Waals surface area contributed by atoms with E-state index in [1.807, 2.05) is 0 Å². The van der Waals surface area contributed by atoms with E-state index in [4.69, 9.17) is 15.2 Å². The Balaban J connectivity index is 1.87. The molecule has 2 fully saturated rings. The number of morpholine rings is 1. The highest BCUT2D eigenvalue weighted by molar-refractivity contribution is 5.86. The lowest BCUT2D eigenvalue weighted by molar-refractivity contribution is -0.126. The van der Waals surface area contributed by atoms with Crippen molar-refractivity contribution in [2.24, 2.45) is 11.7 Å². The van der Waals surface area contributed by atoms with Gasteiger partial charge in [-0.1, -0.05) is 13.8 Å². The molecule has 122 valence electrons. The van der Waals surface area contributed by atoms with Gasteiger partial charge in [0, 0.05) is 32.3 Å². The zero-order valence-corrected chi connectivity index (χ0v) is 13.3. The van der Waals surface area contributed by atoms with E-state index in [9.17, 15) is 4.79 Å². The van der Waals surface area contributed by atoms with Crippen LogP contribution in [-0.4, -0.2) is 68.4 Å². The molecule has 2 aliphatic heterocycles. The standard InChI is InChI=1S/C15H29N3O3/c1-12(2)9-13(18-4-7-20-8-5-18)10-17-14(19)15(16)3-6-21-11-15/h12-13H,3-11,16H2,1-2H3,(H,17,19). The third kappa shape index (κ3) is 4.64. The van der Waals surface area contributed by atoms with Crippen LogP contribution in [0.15, 0.2) is 0 Å². The Morgan fingerprint density at radius 1 is 1.29 bits per heavy atom. The Morgan fingerprint density at radius 3 is 2.57 bits per heavy atom. The van der Waals surface area contributed by atoms with Gasteiger partial charge in [0.05, 0.1) is 19.8 Å². The second-order valence-electron chi connectivity index (χ2n) is 6.60. The summed E-state index contributed by atoms with van der Waals surface area (Å²) in [5.74, 6) is 0.512. The predicted octanol–water partition coefficient (Wildman–Crippen LogP) is -0.0327. The molecule has 0 spiro atoms. The van der Waals surface area contributed by atoms with E-state index in [-0.39, 0.29) is 5.91 Å². The van der Waals surface area contributed by atoms with Gasteiger partial charge in [0.1, 0.15) is 5.54 Å². The van der Waals surface area contributed by atoms with Crippen molar-refractivity contribution in [1.82, 2.24) is 10.2 Å². The van der Waals surface area contributed by atoms with Crippen LogP contribution in [0.4, 0.5) is 0 Å². The third-order valence-corrected chi connectivity index (χ3v) is 4.31. The molecule has 21 heavy (non-hydrogen) atoms. The number of nitrogens with two attached hydrogens (primary N) is 1. The first-order valence-corrected chi connectivity index (χ1v) is 7.98. The average Bonchev–Trinajstić information content (AvgIpc) is 2.92. The van der Waals surface area contributed by atoms with Gasteiger partial charge in [0.15, 0.2) is 0 Å². The number of hydrogen-bond acceptors (Lipinski definition) is 5. The van der Waals surface area contributed by atoms with Gasteiger partial charge in [0.2, 0.25) is 5.91 Å². The van der Waals surface area contributed by atoms with E-state index in [1.165, 1.54) is 0 Å². The van der Waals surface area contributed by atoms with Crippen molar-refractivity contribution in [1.29, 1.82) is 0 Å². The lowest BCUT2D eigenvalue weighted by Gasteiger charge is -2.36. The van der Waals surface area contributed by atoms with Gasteiger partial charge in [-0.25, -0.2) is 0 Å². The minimum Gasteiger partial charge on any atom is -0.379 e. The number of ether oxygens (including phenoxy) is 2. The lowest BCUT2D eigenvalue weighted by Crippen LogP contribution is -2.57. The molecule has 0 saturated carbocycles. The molecule has 0 radical (unpaired) electrons.